The Morgan fingerprint density at radius 1 is 1.39 bits per heavy atom. The summed E-state index contributed by atoms with van der Waals surface area (Å²) in [6, 6.07) is 1.92. The van der Waals surface area contributed by atoms with E-state index >= 15 is 0 Å². The van der Waals surface area contributed by atoms with E-state index in [0.29, 0.717) is 0 Å². The molecule has 1 aromatic heterocycles. The average molecular weight is 247 g/mol. The molecule has 1 rings (SSSR count). The Kier molecular flexibility index (Phi) is 8.00. The zero-order valence-electron chi connectivity index (χ0n) is 11.6. The highest BCUT2D eigenvalue weighted by molar-refractivity contribution is 6.43. The minimum Gasteiger partial charge on any atom is -0.427 e. The minimum atomic E-state index is -1.32. The number of pyridine rings is 1. The maximum Gasteiger partial charge on any atom is 0.458 e. The van der Waals surface area contributed by atoms with E-state index in [1.54, 1.807) is 25.3 Å². The number of nitrogens with zero attached hydrogens (tertiary/aromatic N) is 1. The topological polar surface area (TPSA) is 53.4 Å². The molecule has 0 aliphatic carbocycles. The molecular weight excluding hydrogens is 225 g/mol. The van der Waals surface area contributed by atoms with Crippen molar-refractivity contribution in [3.63, 3.8) is 0 Å². The molecule has 1 unspecified atom stereocenters. The van der Waals surface area contributed by atoms with E-state index in [-0.39, 0.29) is 5.82 Å². The Labute approximate surface area is 109 Å². The first-order chi connectivity index (χ1) is 8.52. The minimum absolute atomic E-state index is 0.290. The summed E-state index contributed by atoms with van der Waals surface area (Å²) in [6.45, 7) is 11.6. The molecule has 1 heterocycles. The van der Waals surface area contributed by atoms with Crippen LogP contribution in [0.2, 0.25) is 5.82 Å². The molecule has 0 bridgehead atoms. The number of allylic oxidation sites excluding steroid dienone is 2. The first-order valence-corrected chi connectivity index (χ1v) is 6.17. The van der Waals surface area contributed by atoms with Gasteiger partial charge in [-0.05, 0) is 18.6 Å². The fraction of sp³-hybridized carbons (Fsp3) is 0.357. The van der Waals surface area contributed by atoms with Crippen LogP contribution in [0.5, 0.6) is 0 Å². The number of hydrogen-bond donors (Lipinski definition) is 2. The molecule has 2 N–H and O–H groups in total. The predicted octanol–water partition coefficient (Wildman–Crippen LogP) is 1.03. The summed E-state index contributed by atoms with van der Waals surface area (Å²) >= 11 is 0. The second-order valence-electron chi connectivity index (χ2n) is 3.81. The van der Waals surface area contributed by atoms with E-state index in [4.69, 9.17) is 10.0 Å². The van der Waals surface area contributed by atoms with Crippen LogP contribution in [-0.2, 0) is 0 Å². The molecule has 18 heavy (non-hydrogen) atoms. The van der Waals surface area contributed by atoms with Crippen LogP contribution in [0, 0.1) is 6.92 Å². The van der Waals surface area contributed by atoms with Gasteiger partial charge in [0, 0.05) is 17.2 Å². The maximum atomic E-state index is 8.89. The summed E-state index contributed by atoms with van der Waals surface area (Å²) in [7, 11) is -1.32. The van der Waals surface area contributed by atoms with Gasteiger partial charge in [-0.1, -0.05) is 45.6 Å². The summed E-state index contributed by atoms with van der Waals surface area (Å²) in [5.74, 6) is -0.290. The predicted molar refractivity (Wildman–Crippen MR) is 78.3 cm³/mol. The van der Waals surface area contributed by atoms with Gasteiger partial charge in [0.25, 0.3) is 0 Å². The van der Waals surface area contributed by atoms with Gasteiger partial charge in [-0.2, -0.15) is 0 Å². The molecule has 0 aromatic carbocycles. The molecule has 3 nitrogen and oxygen atoms in total. The van der Waals surface area contributed by atoms with Crippen molar-refractivity contribution in [1.29, 1.82) is 0 Å². The first-order valence-electron chi connectivity index (χ1n) is 6.17. The van der Waals surface area contributed by atoms with E-state index < -0.39 is 7.12 Å². The van der Waals surface area contributed by atoms with Crippen molar-refractivity contribution in [2.45, 2.75) is 33.5 Å². The smallest absolute Gasteiger partial charge is 0.427 e. The molecule has 4 heteroatoms. The van der Waals surface area contributed by atoms with Crippen LogP contribution >= 0.6 is 0 Å². The maximum absolute atomic E-state index is 8.89. The van der Waals surface area contributed by atoms with Gasteiger partial charge >= 0.3 is 7.12 Å². The second-order valence-corrected chi connectivity index (χ2v) is 3.81. The Morgan fingerprint density at radius 3 is 2.50 bits per heavy atom. The van der Waals surface area contributed by atoms with Gasteiger partial charge in [-0.3, -0.25) is 4.98 Å². The van der Waals surface area contributed by atoms with Crippen molar-refractivity contribution in [1.82, 2.24) is 4.98 Å². The highest BCUT2D eigenvalue weighted by Crippen LogP contribution is 2.05. The SMILES string of the molecule is C=c1nccc(C)/c1=C/C=C\C(C)B(O)O.CC. The van der Waals surface area contributed by atoms with Crippen LogP contribution in [0.1, 0.15) is 26.3 Å². The Balaban J connectivity index is 0.00000137. The number of aryl methyl sites for hydroxylation is 1. The lowest BCUT2D eigenvalue weighted by Gasteiger charge is -2.01. The van der Waals surface area contributed by atoms with Crippen LogP contribution in [0.3, 0.4) is 0 Å². The lowest BCUT2D eigenvalue weighted by Crippen LogP contribution is -2.28. The van der Waals surface area contributed by atoms with Crippen molar-refractivity contribution >= 4 is 19.8 Å². The van der Waals surface area contributed by atoms with E-state index in [1.165, 1.54) is 0 Å². The summed E-state index contributed by atoms with van der Waals surface area (Å²) in [6.07, 6.45) is 7.13. The van der Waals surface area contributed by atoms with E-state index in [9.17, 15) is 0 Å². The van der Waals surface area contributed by atoms with Gasteiger partial charge in [0.1, 0.15) is 0 Å². The fourth-order valence-corrected chi connectivity index (χ4v) is 1.28. The van der Waals surface area contributed by atoms with Crippen molar-refractivity contribution in [3.05, 3.63) is 40.5 Å². The van der Waals surface area contributed by atoms with Crippen LogP contribution in [0.15, 0.2) is 24.4 Å². The molecule has 1 atom stereocenters. The highest BCUT2D eigenvalue weighted by atomic mass is 16.4. The zero-order chi connectivity index (χ0) is 14.1. The summed E-state index contributed by atoms with van der Waals surface area (Å²) in [4.78, 5) is 4.10. The number of hydrogen-bond acceptors (Lipinski definition) is 3. The van der Waals surface area contributed by atoms with Crippen molar-refractivity contribution in [2.75, 3.05) is 0 Å². The van der Waals surface area contributed by atoms with Crippen molar-refractivity contribution in [3.8, 4) is 0 Å². The van der Waals surface area contributed by atoms with Gasteiger partial charge in [0.15, 0.2) is 0 Å². The fourth-order valence-electron chi connectivity index (χ4n) is 1.28. The molecule has 0 radical (unpaired) electrons. The van der Waals surface area contributed by atoms with E-state index in [0.717, 1.165) is 16.1 Å². The lowest BCUT2D eigenvalue weighted by atomic mass is 9.74. The summed E-state index contributed by atoms with van der Waals surface area (Å²) in [5, 5.41) is 19.5. The number of rotatable bonds is 3. The summed E-state index contributed by atoms with van der Waals surface area (Å²) < 4.78 is 0. The molecule has 0 fully saturated rings. The Hall–Kier alpha value is -1.39. The monoisotopic (exact) mass is 247 g/mol. The van der Waals surface area contributed by atoms with Gasteiger partial charge in [0.05, 0.1) is 5.35 Å². The second kappa shape index (κ2) is 8.67. The van der Waals surface area contributed by atoms with Gasteiger partial charge in [-0.25, -0.2) is 0 Å². The number of aromatic nitrogens is 1. The van der Waals surface area contributed by atoms with E-state index in [2.05, 4.69) is 11.6 Å². The Bertz CT molecular complexity index is 483. The van der Waals surface area contributed by atoms with Crippen molar-refractivity contribution < 1.29 is 10.0 Å². The standard InChI is InChI=1S/C12H16BNO2.C2H6/c1-9-7-8-14-11(3)12(9)6-4-5-10(2)13(15)16;1-2/h4-8,10,15-16H,3H2,1-2H3;1-2H3/b5-4-,12-6-;. The molecule has 0 amide bonds. The third-order valence-corrected chi connectivity index (χ3v) is 2.44. The third-order valence-electron chi connectivity index (χ3n) is 2.44. The quantitative estimate of drug-likeness (QED) is 0.784. The summed E-state index contributed by atoms with van der Waals surface area (Å²) in [5.41, 5.74) is 1.10. The van der Waals surface area contributed by atoms with Crippen LogP contribution in [0.4, 0.5) is 0 Å². The first kappa shape index (κ1) is 16.6. The van der Waals surface area contributed by atoms with Crippen LogP contribution < -0.4 is 10.6 Å². The molecule has 0 saturated heterocycles. The largest absolute Gasteiger partial charge is 0.458 e. The normalized spacial score (nSPS) is 13.1. The van der Waals surface area contributed by atoms with Crippen LogP contribution in [0.25, 0.3) is 12.7 Å². The third kappa shape index (κ3) is 5.30. The molecular formula is C14H22BNO2. The molecule has 0 aliphatic heterocycles. The molecule has 98 valence electrons. The zero-order valence-corrected chi connectivity index (χ0v) is 11.6. The van der Waals surface area contributed by atoms with Gasteiger partial charge < -0.3 is 10.0 Å². The lowest BCUT2D eigenvalue weighted by molar-refractivity contribution is 0.398. The molecule has 1 aromatic rings. The molecule has 0 spiro atoms. The van der Waals surface area contributed by atoms with Crippen LogP contribution in [-0.4, -0.2) is 22.2 Å². The molecule has 0 aliphatic rings. The van der Waals surface area contributed by atoms with E-state index in [1.807, 2.05) is 32.9 Å². The highest BCUT2D eigenvalue weighted by Gasteiger charge is 2.13. The van der Waals surface area contributed by atoms with Gasteiger partial charge in [-0.15, -0.1) is 0 Å². The average Bonchev–Trinajstić information content (AvgIpc) is 2.35. The molecule has 0 saturated carbocycles. The Morgan fingerprint density at radius 2 is 2.00 bits per heavy atom. The van der Waals surface area contributed by atoms with Gasteiger partial charge in [0.2, 0.25) is 0 Å². The van der Waals surface area contributed by atoms with Crippen molar-refractivity contribution in [2.24, 2.45) is 0 Å².